The molecule has 0 unspecified atom stereocenters. The molecule has 0 spiro atoms. The number of carbonyl (C=O) groups is 2. The second kappa shape index (κ2) is 5.50. The molecule has 0 aromatic heterocycles. The number of aldehydes is 2. The van der Waals surface area contributed by atoms with Crippen LogP contribution in [0.4, 0.5) is 0 Å². The highest BCUT2D eigenvalue weighted by Crippen LogP contribution is 2.04. The summed E-state index contributed by atoms with van der Waals surface area (Å²) in [6, 6.07) is 7.24. The van der Waals surface area contributed by atoms with Crippen molar-refractivity contribution < 1.29 is 9.59 Å². The summed E-state index contributed by atoms with van der Waals surface area (Å²) >= 11 is 0. The van der Waals surface area contributed by atoms with Gasteiger partial charge in [-0.05, 0) is 29.7 Å². The number of allylic oxidation sites excluding steroid dienone is 1. The Balaban J connectivity index is 2.83. The molecule has 0 atom stereocenters. The van der Waals surface area contributed by atoms with Gasteiger partial charge in [0.25, 0.3) is 0 Å². The van der Waals surface area contributed by atoms with Crippen molar-refractivity contribution >= 4 is 18.6 Å². The molecular weight excluding hydrogens is 176 g/mol. The number of rotatable bonds is 2. The molecule has 0 heterocycles. The van der Waals surface area contributed by atoms with E-state index in [9.17, 15) is 9.59 Å². The summed E-state index contributed by atoms with van der Waals surface area (Å²) in [5, 5.41) is 0. The Morgan fingerprint density at radius 2 is 1.79 bits per heavy atom. The zero-order valence-corrected chi connectivity index (χ0v) is 7.44. The zero-order valence-electron chi connectivity index (χ0n) is 7.44. The third-order valence-electron chi connectivity index (χ3n) is 1.55. The molecule has 0 N–H and O–H groups in total. The van der Waals surface area contributed by atoms with E-state index in [-0.39, 0.29) is 0 Å². The Labute approximate surface area is 82.3 Å². The first kappa shape index (κ1) is 9.94. The molecule has 0 saturated carbocycles. The highest BCUT2D eigenvalue weighted by molar-refractivity contribution is 5.75. The van der Waals surface area contributed by atoms with Gasteiger partial charge in [0, 0.05) is 5.56 Å². The van der Waals surface area contributed by atoms with Crippen LogP contribution in [0, 0.1) is 11.8 Å². The van der Waals surface area contributed by atoms with Crippen molar-refractivity contribution in [2.45, 2.75) is 0 Å². The molecule has 0 radical (unpaired) electrons. The van der Waals surface area contributed by atoms with Crippen molar-refractivity contribution in [2.75, 3.05) is 0 Å². The minimum atomic E-state index is 0.556. The van der Waals surface area contributed by atoms with Crippen LogP contribution in [0.25, 0.3) is 6.08 Å². The topological polar surface area (TPSA) is 34.1 Å². The predicted molar refractivity (Wildman–Crippen MR) is 54.5 cm³/mol. The van der Waals surface area contributed by atoms with E-state index in [0.29, 0.717) is 6.29 Å². The van der Waals surface area contributed by atoms with Crippen LogP contribution in [-0.4, -0.2) is 12.6 Å². The Hall–Kier alpha value is -2.14. The lowest BCUT2D eigenvalue weighted by atomic mass is 10.1. The molecular formula is C12H8O2. The van der Waals surface area contributed by atoms with E-state index in [2.05, 4.69) is 11.8 Å². The van der Waals surface area contributed by atoms with Crippen LogP contribution in [0.5, 0.6) is 0 Å². The minimum Gasteiger partial charge on any atom is -0.299 e. The highest BCUT2D eigenvalue weighted by atomic mass is 16.1. The third-order valence-corrected chi connectivity index (χ3v) is 1.55. The van der Waals surface area contributed by atoms with Crippen LogP contribution in [-0.2, 0) is 9.59 Å². The summed E-state index contributed by atoms with van der Waals surface area (Å²) in [6.07, 6.45) is 4.40. The lowest BCUT2D eigenvalue weighted by Crippen LogP contribution is -1.76. The van der Waals surface area contributed by atoms with Gasteiger partial charge in [-0.2, -0.15) is 0 Å². The number of benzene rings is 1. The Bertz CT molecular complexity index is 402. The van der Waals surface area contributed by atoms with Gasteiger partial charge >= 0.3 is 0 Å². The SMILES string of the molecule is O=CC#Cc1ccc(/C=C/C=O)cc1. The average Bonchev–Trinajstić information content (AvgIpc) is 2.25. The average molecular weight is 184 g/mol. The molecule has 1 aromatic carbocycles. The van der Waals surface area contributed by atoms with Crippen LogP contribution >= 0.6 is 0 Å². The van der Waals surface area contributed by atoms with E-state index in [1.165, 1.54) is 6.08 Å². The van der Waals surface area contributed by atoms with E-state index in [1.807, 2.05) is 12.1 Å². The summed E-state index contributed by atoms with van der Waals surface area (Å²) in [4.78, 5) is 20.0. The van der Waals surface area contributed by atoms with Gasteiger partial charge in [0.15, 0.2) is 6.29 Å². The van der Waals surface area contributed by atoms with Crippen LogP contribution < -0.4 is 0 Å². The third kappa shape index (κ3) is 3.08. The fourth-order valence-corrected chi connectivity index (χ4v) is 0.941. The Morgan fingerprint density at radius 1 is 1.07 bits per heavy atom. The molecule has 0 saturated heterocycles. The molecule has 14 heavy (non-hydrogen) atoms. The Morgan fingerprint density at radius 3 is 2.36 bits per heavy atom. The molecule has 1 rings (SSSR count). The van der Waals surface area contributed by atoms with Gasteiger partial charge in [0.2, 0.25) is 0 Å². The molecule has 0 aliphatic heterocycles. The van der Waals surface area contributed by atoms with Gasteiger partial charge in [0.05, 0.1) is 0 Å². The minimum absolute atomic E-state index is 0.556. The summed E-state index contributed by atoms with van der Waals surface area (Å²) in [5.41, 5.74) is 1.70. The maximum absolute atomic E-state index is 10.0. The first-order valence-electron chi connectivity index (χ1n) is 4.04. The molecule has 2 heteroatoms. The van der Waals surface area contributed by atoms with Crippen molar-refractivity contribution in [1.82, 2.24) is 0 Å². The maximum atomic E-state index is 10.0. The van der Waals surface area contributed by atoms with E-state index in [1.54, 1.807) is 18.2 Å². The summed E-state index contributed by atoms with van der Waals surface area (Å²) in [5.74, 6) is 4.99. The normalized spacial score (nSPS) is 9.14. The summed E-state index contributed by atoms with van der Waals surface area (Å²) < 4.78 is 0. The Kier molecular flexibility index (Phi) is 3.90. The molecule has 0 aliphatic carbocycles. The fraction of sp³-hybridized carbons (Fsp3) is 0. The second-order valence-electron chi connectivity index (χ2n) is 2.50. The molecule has 0 aliphatic rings. The lowest BCUT2D eigenvalue weighted by molar-refractivity contribution is -0.104. The van der Waals surface area contributed by atoms with Crippen LogP contribution in [0.3, 0.4) is 0 Å². The quantitative estimate of drug-likeness (QED) is 0.396. The molecule has 2 nitrogen and oxygen atoms in total. The monoisotopic (exact) mass is 184 g/mol. The lowest BCUT2D eigenvalue weighted by Gasteiger charge is -1.92. The van der Waals surface area contributed by atoms with Gasteiger partial charge in [-0.3, -0.25) is 9.59 Å². The highest BCUT2D eigenvalue weighted by Gasteiger charge is 1.87. The van der Waals surface area contributed by atoms with E-state index in [4.69, 9.17) is 0 Å². The van der Waals surface area contributed by atoms with Crippen molar-refractivity contribution in [1.29, 1.82) is 0 Å². The first-order chi connectivity index (χ1) is 6.86. The zero-order chi connectivity index (χ0) is 10.2. The number of carbonyl (C=O) groups excluding carboxylic acids is 2. The van der Waals surface area contributed by atoms with E-state index in [0.717, 1.165) is 17.4 Å². The van der Waals surface area contributed by atoms with Gasteiger partial charge < -0.3 is 0 Å². The summed E-state index contributed by atoms with van der Waals surface area (Å²) in [7, 11) is 0. The van der Waals surface area contributed by atoms with Gasteiger partial charge in [-0.1, -0.05) is 24.1 Å². The van der Waals surface area contributed by atoms with Crippen LogP contribution in [0.1, 0.15) is 11.1 Å². The van der Waals surface area contributed by atoms with Gasteiger partial charge in [-0.25, -0.2) is 0 Å². The summed E-state index contributed by atoms with van der Waals surface area (Å²) in [6.45, 7) is 0. The van der Waals surface area contributed by atoms with Crippen molar-refractivity contribution in [3.05, 3.63) is 41.5 Å². The van der Waals surface area contributed by atoms with Crippen LogP contribution in [0.15, 0.2) is 30.3 Å². The molecule has 0 bridgehead atoms. The van der Waals surface area contributed by atoms with Crippen molar-refractivity contribution in [3.8, 4) is 11.8 Å². The largest absolute Gasteiger partial charge is 0.299 e. The molecule has 0 fully saturated rings. The van der Waals surface area contributed by atoms with E-state index < -0.39 is 0 Å². The smallest absolute Gasteiger partial charge is 0.193 e. The molecule has 0 amide bonds. The molecule has 1 aromatic rings. The number of hydrogen-bond acceptors (Lipinski definition) is 2. The van der Waals surface area contributed by atoms with Gasteiger partial charge in [-0.15, -0.1) is 0 Å². The van der Waals surface area contributed by atoms with E-state index >= 15 is 0 Å². The number of hydrogen-bond donors (Lipinski definition) is 0. The van der Waals surface area contributed by atoms with Crippen LogP contribution in [0.2, 0.25) is 0 Å². The van der Waals surface area contributed by atoms with Crippen molar-refractivity contribution in [2.24, 2.45) is 0 Å². The predicted octanol–water partition coefficient (Wildman–Crippen LogP) is 1.45. The molecule has 68 valence electrons. The van der Waals surface area contributed by atoms with Crippen molar-refractivity contribution in [3.63, 3.8) is 0 Å². The fourth-order valence-electron chi connectivity index (χ4n) is 0.941. The second-order valence-corrected chi connectivity index (χ2v) is 2.50. The first-order valence-corrected chi connectivity index (χ1v) is 4.04. The standard InChI is InChI=1S/C12H8O2/c13-9-1-3-11-5-7-12(8-6-11)4-2-10-14/h1,3,5-10H/b3-1+. The maximum Gasteiger partial charge on any atom is 0.193 e. The van der Waals surface area contributed by atoms with Gasteiger partial charge in [0.1, 0.15) is 6.29 Å².